The van der Waals surface area contributed by atoms with E-state index < -0.39 is 0 Å². The molecule has 0 aromatic carbocycles. The normalized spacial score (nSPS) is 11.5. The van der Waals surface area contributed by atoms with Crippen LogP contribution in [-0.2, 0) is 13.1 Å². The fraction of sp³-hybridized carbons (Fsp3) is 0.438. The van der Waals surface area contributed by atoms with E-state index in [1.165, 1.54) is 0 Å². The second kappa shape index (κ2) is 6.17. The van der Waals surface area contributed by atoms with Gasteiger partial charge in [0.15, 0.2) is 5.65 Å². The molecule has 0 fully saturated rings. The number of nitrogens with one attached hydrogen (secondary N) is 1. The molecule has 0 amide bonds. The van der Waals surface area contributed by atoms with Crippen molar-refractivity contribution < 1.29 is 0 Å². The molecule has 3 aromatic heterocycles. The third-order valence-corrected chi connectivity index (χ3v) is 3.58. The second-order valence-electron chi connectivity index (χ2n) is 5.79. The molecule has 0 bridgehead atoms. The van der Waals surface area contributed by atoms with E-state index in [-0.39, 0.29) is 0 Å². The zero-order valence-corrected chi connectivity index (χ0v) is 13.3. The van der Waals surface area contributed by atoms with Crippen molar-refractivity contribution in [1.29, 1.82) is 0 Å². The van der Waals surface area contributed by atoms with Crippen LogP contribution in [0.3, 0.4) is 0 Å². The Morgan fingerprint density at radius 1 is 1.27 bits per heavy atom. The molecule has 0 aliphatic rings. The highest BCUT2D eigenvalue weighted by Gasteiger charge is 2.09. The highest BCUT2D eigenvalue weighted by Crippen LogP contribution is 2.19. The maximum absolute atomic E-state index is 4.62. The van der Waals surface area contributed by atoms with E-state index in [4.69, 9.17) is 0 Å². The number of aromatic nitrogens is 5. The van der Waals surface area contributed by atoms with E-state index in [1.807, 2.05) is 21.5 Å². The Hall–Kier alpha value is -2.37. The number of aryl methyl sites for hydroxylation is 1. The lowest BCUT2D eigenvalue weighted by molar-refractivity contribution is 0.602. The van der Waals surface area contributed by atoms with Crippen LogP contribution in [0.15, 0.2) is 30.7 Å². The molecule has 116 valence electrons. The summed E-state index contributed by atoms with van der Waals surface area (Å²) in [4.78, 5) is 4.62. The molecule has 0 radical (unpaired) electrons. The third kappa shape index (κ3) is 2.95. The zero-order valence-electron chi connectivity index (χ0n) is 13.3. The Morgan fingerprint density at radius 3 is 2.91 bits per heavy atom. The minimum atomic E-state index is 0.382. The predicted octanol–water partition coefficient (Wildman–Crippen LogP) is 3.07. The molecule has 3 aromatic rings. The van der Waals surface area contributed by atoms with Crippen LogP contribution in [0.5, 0.6) is 0 Å². The number of nitrogens with zero attached hydrogens (tertiary/aromatic N) is 5. The molecule has 0 saturated heterocycles. The van der Waals surface area contributed by atoms with Gasteiger partial charge in [0.05, 0.1) is 12.4 Å². The number of anilines is 1. The molecule has 3 heterocycles. The molecule has 22 heavy (non-hydrogen) atoms. The summed E-state index contributed by atoms with van der Waals surface area (Å²) in [5.74, 6) is 1.34. The summed E-state index contributed by atoms with van der Waals surface area (Å²) in [6, 6.07) is 4.00. The molecule has 0 spiro atoms. The summed E-state index contributed by atoms with van der Waals surface area (Å²) < 4.78 is 3.81. The molecular weight excluding hydrogens is 276 g/mol. The lowest BCUT2D eigenvalue weighted by atomic mass is 10.1. The van der Waals surface area contributed by atoms with Crippen molar-refractivity contribution in [2.45, 2.75) is 46.2 Å². The van der Waals surface area contributed by atoms with Gasteiger partial charge in [-0.2, -0.15) is 14.7 Å². The average Bonchev–Trinajstić information content (AvgIpc) is 3.13. The summed E-state index contributed by atoms with van der Waals surface area (Å²) in [5.41, 5.74) is 3.10. The molecule has 3 rings (SSSR count). The zero-order chi connectivity index (χ0) is 15.5. The van der Waals surface area contributed by atoms with Gasteiger partial charge < -0.3 is 5.32 Å². The van der Waals surface area contributed by atoms with Gasteiger partial charge in [0.2, 0.25) is 0 Å². The van der Waals surface area contributed by atoms with Crippen molar-refractivity contribution in [1.82, 2.24) is 24.4 Å². The lowest BCUT2D eigenvalue weighted by Gasteiger charge is -2.11. The van der Waals surface area contributed by atoms with Crippen molar-refractivity contribution in [2.75, 3.05) is 5.32 Å². The first-order chi connectivity index (χ1) is 10.7. The SMILES string of the molecule is CCCn1cc(CNc2cc(C(C)C)nc3ccnn23)cn1. The van der Waals surface area contributed by atoms with Gasteiger partial charge in [-0.1, -0.05) is 20.8 Å². The van der Waals surface area contributed by atoms with Gasteiger partial charge in [0.1, 0.15) is 5.82 Å². The van der Waals surface area contributed by atoms with Crippen LogP contribution in [0, 0.1) is 0 Å². The standard InChI is InChI=1S/C16H22N6/c1-4-7-21-11-13(10-19-21)9-17-16-8-14(12(2)3)20-15-5-6-18-22(15)16/h5-6,8,10-12,17H,4,7,9H2,1-3H3. The van der Waals surface area contributed by atoms with E-state index in [0.29, 0.717) is 5.92 Å². The van der Waals surface area contributed by atoms with Crippen LogP contribution >= 0.6 is 0 Å². The first-order valence-corrected chi connectivity index (χ1v) is 7.77. The molecular formula is C16H22N6. The molecule has 6 nitrogen and oxygen atoms in total. The molecule has 0 atom stereocenters. The highest BCUT2D eigenvalue weighted by molar-refractivity contribution is 5.49. The predicted molar refractivity (Wildman–Crippen MR) is 86.9 cm³/mol. The van der Waals surface area contributed by atoms with Gasteiger partial charge in [-0.25, -0.2) is 4.98 Å². The van der Waals surface area contributed by atoms with Crippen LogP contribution in [0.4, 0.5) is 5.82 Å². The van der Waals surface area contributed by atoms with Crippen molar-refractivity contribution in [2.24, 2.45) is 0 Å². The Labute approximate surface area is 130 Å². The molecule has 6 heteroatoms. The summed E-state index contributed by atoms with van der Waals surface area (Å²) in [6.07, 6.45) is 6.86. The van der Waals surface area contributed by atoms with Crippen molar-refractivity contribution in [3.05, 3.63) is 42.0 Å². The Bertz CT molecular complexity index is 755. The third-order valence-electron chi connectivity index (χ3n) is 3.58. The number of rotatable bonds is 6. The van der Waals surface area contributed by atoms with Gasteiger partial charge >= 0.3 is 0 Å². The van der Waals surface area contributed by atoms with Crippen molar-refractivity contribution >= 4 is 11.5 Å². The quantitative estimate of drug-likeness (QED) is 0.760. The maximum atomic E-state index is 4.62. The van der Waals surface area contributed by atoms with Gasteiger partial charge in [0, 0.05) is 42.7 Å². The molecule has 0 aliphatic carbocycles. The van der Waals surface area contributed by atoms with Crippen LogP contribution in [0.1, 0.15) is 44.4 Å². The maximum Gasteiger partial charge on any atom is 0.157 e. The van der Waals surface area contributed by atoms with E-state index in [2.05, 4.69) is 53.5 Å². The Morgan fingerprint density at radius 2 is 2.14 bits per heavy atom. The van der Waals surface area contributed by atoms with Gasteiger partial charge in [-0.15, -0.1) is 0 Å². The highest BCUT2D eigenvalue weighted by atomic mass is 15.3. The topological polar surface area (TPSA) is 60.0 Å². The van der Waals surface area contributed by atoms with E-state index in [1.54, 1.807) is 6.20 Å². The lowest BCUT2D eigenvalue weighted by Crippen LogP contribution is -2.08. The fourth-order valence-electron chi connectivity index (χ4n) is 2.40. The van der Waals surface area contributed by atoms with Crippen LogP contribution < -0.4 is 5.32 Å². The average molecular weight is 298 g/mol. The van der Waals surface area contributed by atoms with E-state index in [0.717, 1.165) is 42.2 Å². The van der Waals surface area contributed by atoms with E-state index in [9.17, 15) is 0 Å². The Kier molecular flexibility index (Phi) is 4.09. The summed E-state index contributed by atoms with van der Waals surface area (Å²) in [7, 11) is 0. The largest absolute Gasteiger partial charge is 0.366 e. The van der Waals surface area contributed by atoms with E-state index >= 15 is 0 Å². The second-order valence-corrected chi connectivity index (χ2v) is 5.79. The monoisotopic (exact) mass is 298 g/mol. The van der Waals surface area contributed by atoms with Crippen molar-refractivity contribution in [3.63, 3.8) is 0 Å². The summed E-state index contributed by atoms with van der Waals surface area (Å²) >= 11 is 0. The number of hydrogen-bond donors (Lipinski definition) is 1. The number of hydrogen-bond acceptors (Lipinski definition) is 4. The minimum Gasteiger partial charge on any atom is -0.366 e. The van der Waals surface area contributed by atoms with Gasteiger partial charge in [0.25, 0.3) is 0 Å². The first kappa shape index (κ1) is 14.6. The Balaban J connectivity index is 1.81. The van der Waals surface area contributed by atoms with Crippen LogP contribution in [-0.4, -0.2) is 24.4 Å². The fourth-order valence-corrected chi connectivity index (χ4v) is 2.40. The number of fused-ring (bicyclic) bond motifs is 1. The minimum absolute atomic E-state index is 0.382. The summed E-state index contributed by atoms with van der Waals surface area (Å²) in [5, 5.41) is 12.1. The first-order valence-electron chi connectivity index (χ1n) is 7.77. The van der Waals surface area contributed by atoms with Crippen LogP contribution in [0.25, 0.3) is 5.65 Å². The molecule has 1 N–H and O–H groups in total. The van der Waals surface area contributed by atoms with Gasteiger partial charge in [-0.3, -0.25) is 4.68 Å². The van der Waals surface area contributed by atoms with Gasteiger partial charge in [-0.05, 0) is 12.3 Å². The van der Waals surface area contributed by atoms with Crippen LogP contribution in [0.2, 0.25) is 0 Å². The molecule has 0 saturated carbocycles. The molecule has 0 unspecified atom stereocenters. The van der Waals surface area contributed by atoms with Crippen molar-refractivity contribution in [3.8, 4) is 0 Å². The smallest absolute Gasteiger partial charge is 0.157 e. The molecule has 0 aliphatic heterocycles. The summed E-state index contributed by atoms with van der Waals surface area (Å²) in [6.45, 7) is 8.12.